The lowest BCUT2D eigenvalue weighted by atomic mass is 9.96. The summed E-state index contributed by atoms with van der Waals surface area (Å²) in [6.07, 6.45) is 7.93. The van der Waals surface area contributed by atoms with Gasteiger partial charge in [-0.05, 0) is 55.9 Å². The van der Waals surface area contributed by atoms with Crippen LogP contribution in [0.2, 0.25) is 0 Å². The zero-order valence-corrected chi connectivity index (χ0v) is 17.0. The molecule has 1 saturated carbocycles. The van der Waals surface area contributed by atoms with E-state index in [0.717, 1.165) is 29.6 Å². The summed E-state index contributed by atoms with van der Waals surface area (Å²) in [5, 5.41) is 22.3. The van der Waals surface area contributed by atoms with Crippen molar-refractivity contribution in [3.63, 3.8) is 0 Å². The summed E-state index contributed by atoms with van der Waals surface area (Å²) in [5.74, 6) is 0.511. The van der Waals surface area contributed by atoms with Crippen LogP contribution in [-0.2, 0) is 6.42 Å². The maximum atomic E-state index is 10.8. The Labute approximate surface area is 173 Å². The van der Waals surface area contributed by atoms with Gasteiger partial charge in [-0.25, -0.2) is 15.0 Å². The summed E-state index contributed by atoms with van der Waals surface area (Å²) in [5.41, 5.74) is 3.93. The van der Waals surface area contributed by atoms with Crippen molar-refractivity contribution in [2.24, 2.45) is 5.92 Å². The fourth-order valence-electron chi connectivity index (χ4n) is 4.70. The third kappa shape index (κ3) is 3.03. The van der Waals surface area contributed by atoms with E-state index in [1.165, 1.54) is 11.9 Å². The first-order valence-electron chi connectivity index (χ1n) is 10.2. The van der Waals surface area contributed by atoms with Gasteiger partial charge in [0.05, 0.1) is 24.6 Å². The first-order valence-corrected chi connectivity index (χ1v) is 10.2. The van der Waals surface area contributed by atoms with Gasteiger partial charge in [-0.3, -0.25) is 0 Å². The van der Waals surface area contributed by atoms with Gasteiger partial charge in [0.25, 0.3) is 0 Å². The number of nitrogens with zero attached hydrogens (tertiary/aromatic N) is 5. The number of methoxy groups -OCH3 is 1. The molecule has 0 aromatic carbocycles. The fraction of sp³-hybridized carbons (Fsp3) is 0.409. The van der Waals surface area contributed by atoms with E-state index in [2.05, 4.69) is 31.5 Å². The van der Waals surface area contributed by atoms with Crippen molar-refractivity contribution >= 4 is 16.7 Å². The Morgan fingerprint density at radius 1 is 1.13 bits per heavy atom. The molecule has 1 aliphatic rings. The van der Waals surface area contributed by atoms with Crippen LogP contribution in [0.25, 0.3) is 16.7 Å². The molecule has 0 radical (unpaired) electrons. The van der Waals surface area contributed by atoms with Crippen LogP contribution in [0, 0.1) is 12.8 Å². The van der Waals surface area contributed by atoms with Crippen molar-refractivity contribution in [3.8, 4) is 5.88 Å². The lowest BCUT2D eigenvalue weighted by molar-refractivity contribution is 0.00545. The average Bonchev–Trinajstić information content (AvgIpc) is 3.43. The summed E-state index contributed by atoms with van der Waals surface area (Å²) in [7, 11) is 1.57. The van der Waals surface area contributed by atoms with E-state index in [4.69, 9.17) is 4.74 Å². The second kappa shape index (κ2) is 7.37. The quantitative estimate of drug-likeness (QED) is 0.527. The van der Waals surface area contributed by atoms with Crippen molar-refractivity contribution in [3.05, 3.63) is 54.4 Å². The highest BCUT2D eigenvalue weighted by atomic mass is 16.5. The third-order valence-electron chi connectivity index (χ3n) is 6.36. The van der Waals surface area contributed by atoms with Crippen molar-refractivity contribution < 1.29 is 14.9 Å². The molecule has 0 saturated heterocycles. The summed E-state index contributed by atoms with van der Waals surface area (Å²) >= 11 is 0. The molecule has 30 heavy (non-hydrogen) atoms. The van der Waals surface area contributed by atoms with Gasteiger partial charge in [0.1, 0.15) is 23.7 Å². The average molecular weight is 407 g/mol. The highest BCUT2D eigenvalue weighted by molar-refractivity contribution is 5.81. The maximum Gasteiger partial charge on any atom is 0.225 e. The van der Waals surface area contributed by atoms with E-state index < -0.39 is 12.2 Å². The fourth-order valence-corrected chi connectivity index (χ4v) is 4.70. The Hall–Kier alpha value is -2.97. The number of rotatable bonds is 5. The zero-order chi connectivity index (χ0) is 20.8. The molecule has 8 nitrogen and oxygen atoms in total. The Bertz CT molecular complexity index is 1200. The predicted molar refractivity (Wildman–Crippen MR) is 111 cm³/mol. The molecule has 4 atom stereocenters. The van der Waals surface area contributed by atoms with E-state index in [9.17, 15) is 10.2 Å². The molecule has 1 fully saturated rings. The van der Waals surface area contributed by atoms with Gasteiger partial charge < -0.3 is 23.9 Å². The Morgan fingerprint density at radius 3 is 2.83 bits per heavy atom. The van der Waals surface area contributed by atoms with Gasteiger partial charge >= 0.3 is 0 Å². The van der Waals surface area contributed by atoms with Gasteiger partial charge in [-0.2, -0.15) is 0 Å². The molecule has 156 valence electrons. The van der Waals surface area contributed by atoms with Crippen LogP contribution in [0.5, 0.6) is 5.88 Å². The number of aliphatic hydroxyl groups excluding tert-OH is 2. The normalized spacial score (nSPS) is 24.1. The van der Waals surface area contributed by atoms with E-state index in [0.29, 0.717) is 17.9 Å². The summed E-state index contributed by atoms with van der Waals surface area (Å²) in [4.78, 5) is 12.9. The summed E-state index contributed by atoms with van der Waals surface area (Å²) in [6, 6.07) is 5.84. The Balaban J connectivity index is 1.34. The van der Waals surface area contributed by atoms with Crippen LogP contribution in [0.15, 0.2) is 43.1 Å². The molecule has 0 spiro atoms. The smallest absolute Gasteiger partial charge is 0.225 e. The number of fused-ring (bicyclic) bond motifs is 2. The van der Waals surface area contributed by atoms with Crippen molar-refractivity contribution in [1.29, 1.82) is 0 Å². The van der Waals surface area contributed by atoms with Gasteiger partial charge in [0, 0.05) is 24.3 Å². The van der Waals surface area contributed by atoms with Crippen LogP contribution >= 0.6 is 0 Å². The number of hydrogen-bond acceptors (Lipinski definition) is 6. The Kier molecular flexibility index (Phi) is 4.67. The lowest BCUT2D eigenvalue weighted by Gasteiger charge is -2.19. The largest absolute Gasteiger partial charge is 0.480 e. The molecule has 4 aromatic rings. The number of hydrogen-bond donors (Lipinski definition) is 2. The van der Waals surface area contributed by atoms with Crippen LogP contribution in [0.3, 0.4) is 0 Å². The highest BCUT2D eigenvalue weighted by Crippen LogP contribution is 2.40. The minimum absolute atomic E-state index is 0.00360. The van der Waals surface area contributed by atoms with E-state index in [-0.39, 0.29) is 12.0 Å². The van der Waals surface area contributed by atoms with Crippen molar-refractivity contribution in [1.82, 2.24) is 23.9 Å². The molecular formula is C22H25N5O3. The molecule has 2 N–H and O–H groups in total. The monoisotopic (exact) mass is 407 g/mol. The number of pyridine rings is 1. The van der Waals surface area contributed by atoms with E-state index >= 15 is 0 Å². The molecule has 8 heteroatoms. The molecule has 5 rings (SSSR count). The molecule has 0 amide bonds. The van der Waals surface area contributed by atoms with Gasteiger partial charge in [0.15, 0.2) is 0 Å². The third-order valence-corrected chi connectivity index (χ3v) is 6.36. The first kappa shape index (κ1) is 19.0. The minimum Gasteiger partial charge on any atom is -0.480 e. The molecule has 0 aliphatic heterocycles. The topological polar surface area (TPSA) is 97.7 Å². The number of aliphatic hydroxyl groups is 2. The summed E-state index contributed by atoms with van der Waals surface area (Å²) in [6.45, 7) is 2.03. The van der Waals surface area contributed by atoms with Crippen molar-refractivity contribution in [2.75, 3.05) is 7.11 Å². The molecule has 1 aliphatic carbocycles. The standard InChI is InChI=1S/C22H25N5O3/c1-13-11-23-18-9-14(5-7-26(13)18)3-4-15-10-17(20(29)19(15)28)27-8-6-16-21(27)24-12-25-22(16)30-2/h5-9,11-12,15,17,19-20,28-29H,3-4,10H2,1-2H3/t15-,17+,19+,20-/m0/s1. The highest BCUT2D eigenvalue weighted by Gasteiger charge is 2.42. The van der Waals surface area contributed by atoms with Gasteiger partial charge in [0.2, 0.25) is 5.88 Å². The number of aryl methyl sites for hydroxylation is 2. The van der Waals surface area contributed by atoms with E-state index in [1.54, 1.807) is 7.11 Å². The molecule has 4 aromatic heterocycles. The number of aromatic nitrogens is 5. The van der Waals surface area contributed by atoms with Crippen LogP contribution < -0.4 is 4.74 Å². The van der Waals surface area contributed by atoms with Gasteiger partial charge in [-0.1, -0.05) is 0 Å². The predicted octanol–water partition coefficient (Wildman–Crippen LogP) is 2.31. The maximum absolute atomic E-state index is 10.8. The zero-order valence-electron chi connectivity index (χ0n) is 17.0. The molecule has 0 unspecified atom stereocenters. The van der Waals surface area contributed by atoms with Crippen LogP contribution in [0.1, 0.15) is 30.1 Å². The van der Waals surface area contributed by atoms with Crippen LogP contribution in [-0.4, -0.2) is 53.5 Å². The SMILES string of the molecule is COc1ncnc2c1ccn2[C@@H]1C[C@H](CCc2ccn3c(C)cnc3c2)[C@@H](O)[C@H]1O. The van der Waals surface area contributed by atoms with Gasteiger partial charge in [-0.15, -0.1) is 0 Å². The lowest BCUT2D eigenvalue weighted by Crippen LogP contribution is -2.29. The number of imidazole rings is 1. The minimum atomic E-state index is -0.844. The van der Waals surface area contributed by atoms with Crippen LogP contribution in [0.4, 0.5) is 0 Å². The van der Waals surface area contributed by atoms with E-state index in [1.807, 2.05) is 36.1 Å². The Morgan fingerprint density at radius 2 is 2.00 bits per heavy atom. The first-order chi connectivity index (χ1) is 14.6. The second-order valence-corrected chi connectivity index (χ2v) is 8.09. The number of ether oxygens (including phenoxy) is 1. The van der Waals surface area contributed by atoms with Crippen molar-refractivity contribution in [2.45, 2.75) is 44.4 Å². The second-order valence-electron chi connectivity index (χ2n) is 8.09. The molecule has 0 bridgehead atoms. The molecular weight excluding hydrogens is 382 g/mol. The summed E-state index contributed by atoms with van der Waals surface area (Å²) < 4.78 is 9.30. The molecule has 4 heterocycles.